The van der Waals surface area contributed by atoms with Crippen LogP contribution in [-0.4, -0.2) is 28.4 Å². The van der Waals surface area contributed by atoms with Gasteiger partial charge in [-0.2, -0.15) is 0 Å². The number of carbonyl (C=O) groups is 1. The van der Waals surface area contributed by atoms with E-state index in [4.69, 9.17) is 9.72 Å². The van der Waals surface area contributed by atoms with Crippen LogP contribution in [0.15, 0.2) is 9.95 Å². The molecule has 1 unspecified atom stereocenters. The summed E-state index contributed by atoms with van der Waals surface area (Å²) in [5.74, 6) is 0.521. The van der Waals surface area contributed by atoms with Crippen molar-refractivity contribution >= 4 is 39.3 Å². The molecule has 5 nitrogen and oxygen atoms in total. The van der Waals surface area contributed by atoms with E-state index in [9.17, 15) is 9.59 Å². The molecule has 0 N–H and O–H groups in total. The van der Waals surface area contributed by atoms with Gasteiger partial charge in [0.25, 0.3) is 5.56 Å². The van der Waals surface area contributed by atoms with Gasteiger partial charge in [0.15, 0.2) is 5.16 Å². The summed E-state index contributed by atoms with van der Waals surface area (Å²) in [6.45, 7) is 6.93. The third-order valence-electron chi connectivity index (χ3n) is 6.79. The summed E-state index contributed by atoms with van der Waals surface area (Å²) >= 11 is 3.03. The fraction of sp³-hybridized carbons (Fsp3) is 0.696. The molecule has 164 valence electrons. The van der Waals surface area contributed by atoms with Gasteiger partial charge in [-0.15, -0.1) is 11.3 Å². The molecule has 0 bridgehead atoms. The number of rotatable bonds is 4. The van der Waals surface area contributed by atoms with Gasteiger partial charge in [-0.05, 0) is 49.0 Å². The first kappa shape index (κ1) is 21.9. The molecule has 1 fully saturated rings. The van der Waals surface area contributed by atoms with Crippen molar-refractivity contribution in [2.24, 2.45) is 11.3 Å². The van der Waals surface area contributed by atoms with Crippen LogP contribution in [0, 0.1) is 11.3 Å². The minimum atomic E-state index is -0.289. The Hall–Kier alpha value is -1.34. The molecule has 0 spiro atoms. The van der Waals surface area contributed by atoms with Crippen LogP contribution in [0.5, 0.6) is 0 Å². The molecule has 2 aromatic rings. The van der Waals surface area contributed by atoms with Crippen LogP contribution in [0.1, 0.15) is 75.8 Å². The number of thioether (sulfide) groups is 1. The van der Waals surface area contributed by atoms with Crippen molar-refractivity contribution in [3.05, 3.63) is 20.8 Å². The predicted molar refractivity (Wildman–Crippen MR) is 124 cm³/mol. The van der Waals surface area contributed by atoms with E-state index in [1.54, 1.807) is 11.3 Å². The average Bonchev–Trinajstić information content (AvgIpc) is 3.09. The van der Waals surface area contributed by atoms with E-state index in [1.807, 2.05) is 4.57 Å². The Kier molecular flexibility index (Phi) is 6.31. The highest BCUT2D eigenvalue weighted by molar-refractivity contribution is 7.99. The van der Waals surface area contributed by atoms with E-state index < -0.39 is 0 Å². The molecule has 2 aliphatic carbocycles. The summed E-state index contributed by atoms with van der Waals surface area (Å²) in [4.78, 5) is 32.7. The van der Waals surface area contributed by atoms with Crippen LogP contribution in [0.2, 0.25) is 0 Å². The molecule has 1 atom stereocenters. The van der Waals surface area contributed by atoms with E-state index >= 15 is 0 Å². The van der Waals surface area contributed by atoms with E-state index in [0.717, 1.165) is 55.2 Å². The van der Waals surface area contributed by atoms with E-state index in [1.165, 1.54) is 35.7 Å². The zero-order chi connectivity index (χ0) is 21.5. The fourth-order valence-corrected chi connectivity index (χ4v) is 7.14. The molecule has 0 aliphatic heterocycles. The van der Waals surface area contributed by atoms with Gasteiger partial charge < -0.3 is 4.74 Å². The summed E-state index contributed by atoms with van der Waals surface area (Å²) in [5.41, 5.74) is 1.61. The molecule has 4 rings (SSSR count). The van der Waals surface area contributed by atoms with Gasteiger partial charge in [-0.3, -0.25) is 14.2 Å². The normalized spacial score (nSPS) is 20.3. The summed E-state index contributed by atoms with van der Waals surface area (Å²) < 4.78 is 6.73. The van der Waals surface area contributed by atoms with Crippen LogP contribution < -0.4 is 5.56 Å². The number of esters is 1. The smallest absolute Gasteiger partial charge is 0.316 e. The van der Waals surface area contributed by atoms with Gasteiger partial charge in [-0.25, -0.2) is 4.98 Å². The second-order valence-electron chi connectivity index (χ2n) is 9.72. The molecule has 2 aliphatic rings. The molecule has 2 aromatic heterocycles. The van der Waals surface area contributed by atoms with Crippen molar-refractivity contribution in [3.8, 4) is 0 Å². The van der Waals surface area contributed by atoms with Gasteiger partial charge >= 0.3 is 5.97 Å². The van der Waals surface area contributed by atoms with Crippen LogP contribution in [0.4, 0.5) is 0 Å². The lowest BCUT2D eigenvalue weighted by Crippen LogP contribution is -2.30. The summed E-state index contributed by atoms with van der Waals surface area (Å²) in [5, 5.41) is 1.52. The number of methoxy groups -OCH3 is 1. The molecule has 30 heavy (non-hydrogen) atoms. The largest absolute Gasteiger partial charge is 0.468 e. The molecule has 1 saturated carbocycles. The van der Waals surface area contributed by atoms with Gasteiger partial charge in [-0.1, -0.05) is 51.8 Å². The highest BCUT2D eigenvalue weighted by atomic mass is 32.2. The van der Waals surface area contributed by atoms with Gasteiger partial charge in [0, 0.05) is 10.9 Å². The Balaban J connectivity index is 1.80. The lowest BCUT2D eigenvalue weighted by atomic mass is 9.72. The van der Waals surface area contributed by atoms with Crippen molar-refractivity contribution < 1.29 is 9.53 Å². The number of hydrogen-bond donors (Lipinski definition) is 0. The lowest BCUT2D eigenvalue weighted by Gasteiger charge is -2.33. The van der Waals surface area contributed by atoms with Crippen molar-refractivity contribution in [1.29, 1.82) is 0 Å². The van der Waals surface area contributed by atoms with Crippen LogP contribution in [0.3, 0.4) is 0 Å². The average molecular weight is 449 g/mol. The van der Waals surface area contributed by atoms with Crippen LogP contribution in [-0.2, 0) is 22.4 Å². The van der Waals surface area contributed by atoms with E-state index in [2.05, 4.69) is 20.8 Å². The molecular weight excluding hydrogens is 416 g/mol. The van der Waals surface area contributed by atoms with Crippen LogP contribution >= 0.6 is 23.1 Å². The third kappa shape index (κ3) is 4.20. The topological polar surface area (TPSA) is 61.2 Å². The first-order valence-corrected chi connectivity index (χ1v) is 12.9. The van der Waals surface area contributed by atoms with E-state index in [-0.39, 0.29) is 28.7 Å². The number of fused-ring (bicyclic) bond motifs is 3. The second-order valence-corrected chi connectivity index (χ2v) is 11.7. The van der Waals surface area contributed by atoms with Crippen LogP contribution in [0.25, 0.3) is 10.2 Å². The highest BCUT2D eigenvalue weighted by Crippen LogP contribution is 2.43. The Bertz CT molecular complexity index is 997. The van der Waals surface area contributed by atoms with Crippen molar-refractivity contribution in [2.75, 3.05) is 12.9 Å². The number of nitrogens with zero attached hydrogens (tertiary/aromatic N) is 2. The standard InChI is InChI=1S/C23H32N2O3S2/c1-23(2,3)14-10-11-16-17(12-14)30-20-19(16)21(27)25(15-8-6-5-7-9-15)22(24-20)29-13-18(26)28-4/h14-15H,5-13H2,1-4H3. The molecule has 0 radical (unpaired) electrons. The molecule has 7 heteroatoms. The maximum Gasteiger partial charge on any atom is 0.316 e. The number of thiophene rings is 1. The van der Waals surface area contributed by atoms with Crippen molar-refractivity contribution in [1.82, 2.24) is 9.55 Å². The Labute approximate surface area is 186 Å². The lowest BCUT2D eigenvalue weighted by molar-refractivity contribution is -0.137. The van der Waals surface area contributed by atoms with E-state index in [0.29, 0.717) is 11.1 Å². The van der Waals surface area contributed by atoms with Crippen molar-refractivity contribution in [2.45, 2.75) is 83.3 Å². The summed E-state index contributed by atoms with van der Waals surface area (Å²) in [7, 11) is 1.40. The molecule has 2 heterocycles. The maximum atomic E-state index is 13.8. The Morgan fingerprint density at radius 2 is 1.97 bits per heavy atom. The number of carbonyl (C=O) groups excluding carboxylic acids is 1. The third-order valence-corrected chi connectivity index (χ3v) is 8.87. The minimum absolute atomic E-state index is 0.103. The van der Waals surface area contributed by atoms with Crippen molar-refractivity contribution in [3.63, 3.8) is 0 Å². The monoisotopic (exact) mass is 448 g/mol. The highest BCUT2D eigenvalue weighted by Gasteiger charge is 2.33. The van der Waals surface area contributed by atoms with Gasteiger partial charge in [0.05, 0.1) is 18.2 Å². The predicted octanol–water partition coefficient (Wildman–Crippen LogP) is 5.38. The molecular formula is C23H32N2O3S2. The summed E-state index contributed by atoms with van der Waals surface area (Å²) in [6.07, 6.45) is 8.67. The number of hydrogen-bond acceptors (Lipinski definition) is 6. The zero-order valence-corrected chi connectivity index (χ0v) is 20.1. The molecule has 0 aromatic carbocycles. The maximum absolute atomic E-state index is 13.8. The molecule has 0 amide bonds. The Morgan fingerprint density at radius 1 is 1.23 bits per heavy atom. The quantitative estimate of drug-likeness (QED) is 0.357. The first-order valence-electron chi connectivity index (χ1n) is 11.1. The van der Waals surface area contributed by atoms with Gasteiger partial charge in [0.1, 0.15) is 4.83 Å². The fourth-order valence-electron chi connectivity index (χ4n) is 4.90. The zero-order valence-electron chi connectivity index (χ0n) is 18.5. The minimum Gasteiger partial charge on any atom is -0.468 e. The number of aryl methyl sites for hydroxylation is 1. The number of ether oxygens (including phenoxy) is 1. The SMILES string of the molecule is COC(=O)CSc1nc2sc3c(c2c(=O)n1C1CCCCC1)CCC(C(C)(C)C)C3. The summed E-state index contributed by atoms with van der Waals surface area (Å²) in [6, 6.07) is 0.185. The first-order chi connectivity index (χ1) is 14.3. The Morgan fingerprint density at radius 3 is 2.63 bits per heavy atom. The second kappa shape index (κ2) is 8.65. The molecule has 0 saturated heterocycles. The number of aromatic nitrogens is 2. The van der Waals surface area contributed by atoms with Gasteiger partial charge in [0.2, 0.25) is 0 Å².